The van der Waals surface area contributed by atoms with Crippen LogP contribution in [0.3, 0.4) is 0 Å². The van der Waals surface area contributed by atoms with Crippen LogP contribution in [0, 0.1) is 12.8 Å². The summed E-state index contributed by atoms with van der Waals surface area (Å²) in [5, 5.41) is 10.0. The minimum Gasteiger partial charge on any atom is -0.340 e. The molecule has 2 aliphatic carbocycles. The summed E-state index contributed by atoms with van der Waals surface area (Å²) in [5.41, 5.74) is 0.567. The number of carbonyl (C=O) groups excluding carboxylic acids is 2. The van der Waals surface area contributed by atoms with Gasteiger partial charge in [-0.15, -0.1) is 0 Å². The molecule has 0 unspecified atom stereocenters. The highest BCUT2D eigenvalue weighted by molar-refractivity contribution is 5.98. The number of amides is 2. The van der Waals surface area contributed by atoms with Gasteiger partial charge < -0.3 is 15.2 Å². The van der Waals surface area contributed by atoms with E-state index in [0.717, 1.165) is 38.5 Å². The summed E-state index contributed by atoms with van der Waals surface area (Å²) in [5.74, 6) is 0.981. The second-order valence-electron chi connectivity index (χ2n) is 7.22. The van der Waals surface area contributed by atoms with Crippen LogP contribution in [0.1, 0.15) is 60.6 Å². The maximum Gasteiger partial charge on any atom is 0.252 e. The molecule has 26 heavy (non-hydrogen) atoms. The number of nitrogens with one attached hydrogen (secondary N) is 2. The lowest BCUT2D eigenvalue weighted by Crippen LogP contribution is -2.44. The summed E-state index contributed by atoms with van der Waals surface area (Å²) >= 11 is 0. The first-order valence-electron chi connectivity index (χ1n) is 9.10. The maximum absolute atomic E-state index is 12.9. The molecule has 0 bridgehead atoms. The molecule has 0 saturated heterocycles. The zero-order valence-corrected chi connectivity index (χ0v) is 14.7. The van der Waals surface area contributed by atoms with Crippen LogP contribution in [0.5, 0.6) is 0 Å². The number of benzene rings is 1. The number of aromatic nitrogens is 2. The van der Waals surface area contributed by atoms with Crippen molar-refractivity contribution < 1.29 is 14.1 Å². The first-order chi connectivity index (χ1) is 12.6. The Morgan fingerprint density at radius 1 is 1.23 bits per heavy atom. The van der Waals surface area contributed by atoms with Crippen molar-refractivity contribution in [3.8, 4) is 0 Å². The van der Waals surface area contributed by atoms with Gasteiger partial charge in [0.05, 0.1) is 0 Å². The number of hydrogen-bond donors (Lipinski definition) is 2. The number of hydrogen-bond acceptors (Lipinski definition) is 5. The largest absolute Gasteiger partial charge is 0.340 e. The Balaban J connectivity index is 1.52. The topological polar surface area (TPSA) is 97.1 Å². The number of rotatable bonds is 5. The van der Waals surface area contributed by atoms with Crippen LogP contribution in [0.25, 0.3) is 0 Å². The summed E-state index contributed by atoms with van der Waals surface area (Å²) < 4.78 is 5.12. The van der Waals surface area contributed by atoms with Crippen LogP contribution in [0.2, 0.25) is 0 Å². The fraction of sp³-hybridized carbons (Fsp3) is 0.474. The summed E-state index contributed by atoms with van der Waals surface area (Å²) in [6.45, 7) is 1.74. The predicted octanol–water partition coefficient (Wildman–Crippen LogP) is 2.93. The van der Waals surface area contributed by atoms with Gasteiger partial charge in [0, 0.05) is 24.1 Å². The van der Waals surface area contributed by atoms with E-state index in [-0.39, 0.29) is 17.7 Å². The number of anilines is 1. The molecule has 0 radical (unpaired) electrons. The quantitative estimate of drug-likeness (QED) is 0.860. The Kier molecular flexibility index (Phi) is 4.22. The lowest BCUT2D eigenvalue weighted by atomic mass is 9.96. The maximum atomic E-state index is 12.9. The van der Waals surface area contributed by atoms with Crippen LogP contribution in [0.4, 0.5) is 5.69 Å². The van der Waals surface area contributed by atoms with Gasteiger partial charge in [-0.2, -0.15) is 4.98 Å². The lowest BCUT2D eigenvalue weighted by Gasteiger charge is -2.26. The van der Waals surface area contributed by atoms with Gasteiger partial charge >= 0.3 is 0 Å². The second kappa shape index (κ2) is 6.55. The van der Waals surface area contributed by atoms with Crippen molar-refractivity contribution in [1.82, 2.24) is 15.5 Å². The fourth-order valence-electron chi connectivity index (χ4n) is 3.49. The van der Waals surface area contributed by atoms with Crippen molar-refractivity contribution in [2.45, 2.75) is 51.0 Å². The van der Waals surface area contributed by atoms with E-state index in [0.29, 0.717) is 23.0 Å². The van der Waals surface area contributed by atoms with E-state index >= 15 is 0 Å². The van der Waals surface area contributed by atoms with Gasteiger partial charge in [-0.1, -0.05) is 24.1 Å². The minimum absolute atomic E-state index is 0.0251. The van der Waals surface area contributed by atoms with E-state index in [1.165, 1.54) is 0 Å². The van der Waals surface area contributed by atoms with Gasteiger partial charge in [0.2, 0.25) is 11.8 Å². The monoisotopic (exact) mass is 354 g/mol. The third-order valence-electron chi connectivity index (χ3n) is 5.11. The standard InChI is InChI=1S/C19H22N4O3/c1-12-20-18(23-26-12)19(9-2-3-10-19)22-17(25)14-5-4-6-15(11-14)21-16(24)13-7-8-13/h4-6,11,13H,2-3,7-10H2,1H3,(H,21,24)(H,22,25). The summed E-state index contributed by atoms with van der Waals surface area (Å²) in [7, 11) is 0. The Morgan fingerprint density at radius 3 is 2.65 bits per heavy atom. The molecule has 2 amide bonds. The molecule has 0 aliphatic heterocycles. The van der Waals surface area contributed by atoms with E-state index in [1.54, 1.807) is 31.2 Å². The van der Waals surface area contributed by atoms with Crippen molar-refractivity contribution in [3.05, 3.63) is 41.5 Å². The summed E-state index contributed by atoms with van der Waals surface area (Å²) in [6.07, 6.45) is 5.47. The number of nitrogens with zero attached hydrogens (tertiary/aromatic N) is 2. The average molecular weight is 354 g/mol. The molecule has 7 nitrogen and oxygen atoms in total. The normalized spacial score (nSPS) is 18.5. The van der Waals surface area contributed by atoms with Gasteiger partial charge in [0.15, 0.2) is 5.82 Å². The predicted molar refractivity (Wildman–Crippen MR) is 94.4 cm³/mol. The third-order valence-corrected chi connectivity index (χ3v) is 5.11. The van der Waals surface area contributed by atoms with Crippen LogP contribution in [-0.4, -0.2) is 22.0 Å². The third kappa shape index (κ3) is 3.34. The first kappa shape index (κ1) is 16.8. The number of carbonyl (C=O) groups is 2. The van der Waals surface area contributed by atoms with Gasteiger partial charge in [-0.25, -0.2) is 0 Å². The Labute approximate surface area is 151 Å². The van der Waals surface area contributed by atoms with Crippen molar-refractivity contribution in [3.63, 3.8) is 0 Å². The van der Waals surface area contributed by atoms with Crippen LogP contribution in [-0.2, 0) is 10.3 Å². The van der Waals surface area contributed by atoms with Gasteiger partial charge in [-0.05, 0) is 43.9 Å². The second-order valence-corrected chi connectivity index (χ2v) is 7.22. The number of aryl methyl sites for hydroxylation is 1. The highest BCUT2D eigenvalue weighted by Gasteiger charge is 2.41. The van der Waals surface area contributed by atoms with Crippen molar-refractivity contribution in [2.75, 3.05) is 5.32 Å². The molecule has 2 aromatic rings. The summed E-state index contributed by atoms with van der Waals surface area (Å²) in [4.78, 5) is 29.1. The highest BCUT2D eigenvalue weighted by Crippen LogP contribution is 2.37. The molecule has 136 valence electrons. The van der Waals surface area contributed by atoms with E-state index in [2.05, 4.69) is 20.8 Å². The Morgan fingerprint density at radius 2 is 2.00 bits per heavy atom. The van der Waals surface area contributed by atoms with E-state index < -0.39 is 5.54 Å². The van der Waals surface area contributed by atoms with Gasteiger partial charge in [0.1, 0.15) is 5.54 Å². The molecule has 2 N–H and O–H groups in total. The zero-order chi connectivity index (χ0) is 18.1. The van der Waals surface area contributed by atoms with Gasteiger partial charge in [0.25, 0.3) is 5.91 Å². The molecule has 1 heterocycles. The Hall–Kier alpha value is -2.70. The zero-order valence-electron chi connectivity index (χ0n) is 14.7. The molecule has 0 spiro atoms. The van der Waals surface area contributed by atoms with Crippen LogP contribution < -0.4 is 10.6 Å². The van der Waals surface area contributed by atoms with E-state index in [9.17, 15) is 9.59 Å². The van der Waals surface area contributed by atoms with Crippen LogP contribution in [0.15, 0.2) is 28.8 Å². The fourth-order valence-corrected chi connectivity index (χ4v) is 3.49. The lowest BCUT2D eigenvalue weighted by molar-refractivity contribution is -0.117. The average Bonchev–Trinajstić information content (AvgIpc) is 3.23. The molecule has 0 atom stereocenters. The SMILES string of the molecule is Cc1nc(C2(NC(=O)c3cccc(NC(=O)C4CC4)c3)CCCC2)no1. The minimum atomic E-state index is -0.581. The van der Waals surface area contributed by atoms with E-state index in [1.807, 2.05) is 0 Å². The molecular formula is C19H22N4O3. The van der Waals surface area contributed by atoms with Gasteiger partial charge in [-0.3, -0.25) is 9.59 Å². The smallest absolute Gasteiger partial charge is 0.252 e. The first-order valence-corrected chi connectivity index (χ1v) is 9.10. The van der Waals surface area contributed by atoms with Crippen molar-refractivity contribution >= 4 is 17.5 Å². The van der Waals surface area contributed by atoms with E-state index in [4.69, 9.17) is 4.52 Å². The Bertz CT molecular complexity index is 835. The molecule has 2 saturated carbocycles. The molecule has 4 rings (SSSR count). The molecule has 1 aromatic heterocycles. The van der Waals surface area contributed by atoms with Crippen molar-refractivity contribution in [1.29, 1.82) is 0 Å². The summed E-state index contributed by atoms with van der Waals surface area (Å²) in [6, 6.07) is 7.02. The van der Waals surface area contributed by atoms with Crippen LogP contribution >= 0.6 is 0 Å². The molecular weight excluding hydrogens is 332 g/mol. The molecule has 7 heteroatoms. The van der Waals surface area contributed by atoms with Crippen molar-refractivity contribution in [2.24, 2.45) is 5.92 Å². The molecule has 1 aromatic carbocycles. The molecule has 2 fully saturated rings. The highest BCUT2D eigenvalue weighted by atomic mass is 16.5. The molecule has 2 aliphatic rings.